The van der Waals surface area contributed by atoms with E-state index in [1.54, 1.807) is 19.4 Å². The van der Waals surface area contributed by atoms with Crippen molar-refractivity contribution in [2.45, 2.75) is 50.8 Å². The Balaban J connectivity index is 1.66. The number of hydrogen-bond acceptors (Lipinski definition) is 7. The largest absolute Gasteiger partial charge is 0.394 e. The molecule has 3 heterocycles. The maximum Gasteiger partial charge on any atom is 0.330 e. The zero-order chi connectivity index (χ0) is 19.4. The van der Waals surface area contributed by atoms with Crippen LogP contribution in [0.25, 0.3) is 0 Å². The highest BCUT2D eigenvalue weighted by atomic mass is 16.6. The molecule has 0 bridgehead atoms. The second-order valence-corrected chi connectivity index (χ2v) is 6.56. The summed E-state index contributed by atoms with van der Waals surface area (Å²) in [6.45, 7) is 2.31. The molecule has 2 aromatic rings. The summed E-state index contributed by atoms with van der Waals surface area (Å²) in [5.41, 5.74) is -0.806. The lowest BCUT2D eigenvalue weighted by Crippen LogP contribution is -2.40. The van der Waals surface area contributed by atoms with E-state index in [2.05, 4.69) is 9.97 Å². The second kappa shape index (κ2) is 8.61. The summed E-state index contributed by atoms with van der Waals surface area (Å²) in [4.78, 5) is 29.9. The molecule has 1 fully saturated rings. The van der Waals surface area contributed by atoms with E-state index in [1.165, 1.54) is 10.8 Å². The lowest BCUT2D eigenvalue weighted by Gasteiger charge is -2.22. The molecule has 10 heteroatoms. The molecule has 4 atom stereocenters. The first-order valence-corrected chi connectivity index (χ1v) is 8.85. The van der Waals surface area contributed by atoms with E-state index in [0.29, 0.717) is 12.2 Å². The van der Waals surface area contributed by atoms with Gasteiger partial charge in [0, 0.05) is 37.3 Å². The van der Waals surface area contributed by atoms with Crippen LogP contribution in [0.15, 0.2) is 34.5 Å². The zero-order valence-corrected chi connectivity index (χ0v) is 15.0. The van der Waals surface area contributed by atoms with Gasteiger partial charge < -0.3 is 24.3 Å². The van der Waals surface area contributed by atoms with Crippen molar-refractivity contribution in [2.75, 3.05) is 13.2 Å². The number of nitrogens with one attached hydrogen (secondary N) is 1. The SMILES string of the molecule is Cc1cn([C@H]2O[C@@H](CO)C(O)C2OCCCCn2ccnc2)c(=O)[nH]c1=O. The molecule has 1 aliphatic heterocycles. The highest BCUT2D eigenvalue weighted by Crippen LogP contribution is 2.30. The van der Waals surface area contributed by atoms with Crippen molar-refractivity contribution in [3.63, 3.8) is 0 Å². The molecule has 10 nitrogen and oxygen atoms in total. The molecule has 0 saturated carbocycles. The Hall–Kier alpha value is -2.27. The molecule has 0 spiro atoms. The minimum absolute atomic E-state index is 0.333. The van der Waals surface area contributed by atoms with Gasteiger partial charge in [-0.3, -0.25) is 14.3 Å². The molecule has 2 aromatic heterocycles. The van der Waals surface area contributed by atoms with Crippen LogP contribution in [0.1, 0.15) is 24.6 Å². The van der Waals surface area contributed by atoms with Crippen LogP contribution in [-0.4, -0.2) is 60.8 Å². The van der Waals surface area contributed by atoms with Crippen LogP contribution in [0.4, 0.5) is 0 Å². The number of aromatic amines is 1. The van der Waals surface area contributed by atoms with E-state index in [9.17, 15) is 19.8 Å². The van der Waals surface area contributed by atoms with Gasteiger partial charge >= 0.3 is 5.69 Å². The first-order chi connectivity index (χ1) is 13.0. The van der Waals surface area contributed by atoms with Gasteiger partial charge in [-0.15, -0.1) is 0 Å². The third-order valence-electron chi connectivity index (χ3n) is 4.59. The summed E-state index contributed by atoms with van der Waals surface area (Å²) in [5, 5.41) is 19.8. The zero-order valence-electron chi connectivity index (χ0n) is 15.0. The number of aliphatic hydroxyl groups is 2. The van der Waals surface area contributed by atoms with Crippen LogP contribution in [-0.2, 0) is 16.0 Å². The summed E-state index contributed by atoms with van der Waals surface area (Å²) < 4.78 is 14.6. The Labute approximate surface area is 155 Å². The van der Waals surface area contributed by atoms with Gasteiger partial charge in [-0.05, 0) is 19.8 Å². The number of nitrogens with zero attached hydrogens (tertiary/aromatic N) is 3. The van der Waals surface area contributed by atoms with Crippen molar-refractivity contribution in [3.05, 3.63) is 51.3 Å². The molecule has 2 unspecified atom stereocenters. The highest BCUT2D eigenvalue weighted by molar-refractivity contribution is 5.03. The topological polar surface area (TPSA) is 132 Å². The number of H-pyrrole nitrogens is 1. The fourth-order valence-electron chi connectivity index (χ4n) is 3.08. The predicted octanol–water partition coefficient (Wildman–Crippen LogP) is -0.842. The van der Waals surface area contributed by atoms with E-state index in [1.807, 2.05) is 10.8 Å². The Bertz CT molecular complexity index is 846. The fraction of sp³-hybridized carbons (Fsp3) is 0.588. The Kier molecular flexibility index (Phi) is 6.22. The van der Waals surface area contributed by atoms with Crippen molar-refractivity contribution >= 4 is 0 Å². The lowest BCUT2D eigenvalue weighted by atomic mass is 10.1. The Morgan fingerprint density at radius 2 is 2.19 bits per heavy atom. The van der Waals surface area contributed by atoms with Gasteiger partial charge in [0.2, 0.25) is 0 Å². The van der Waals surface area contributed by atoms with Crippen molar-refractivity contribution in [1.82, 2.24) is 19.1 Å². The number of ether oxygens (including phenoxy) is 2. The maximum absolute atomic E-state index is 12.2. The summed E-state index contributed by atoms with van der Waals surface area (Å²) in [6, 6.07) is 0. The summed E-state index contributed by atoms with van der Waals surface area (Å²) >= 11 is 0. The smallest absolute Gasteiger partial charge is 0.330 e. The van der Waals surface area contributed by atoms with Crippen molar-refractivity contribution < 1.29 is 19.7 Å². The normalized spacial score (nSPS) is 25.1. The van der Waals surface area contributed by atoms with E-state index in [-0.39, 0.29) is 0 Å². The number of aryl methyl sites for hydroxylation is 2. The molecule has 0 amide bonds. The third kappa shape index (κ3) is 4.35. The first kappa shape index (κ1) is 19.5. The highest BCUT2D eigenvalue weighted by Gasteiger charge is 2.45. The summed E-state index contributed by atoms with van der Waals surface area (Å²) in [6.07, 6.45) is 4.55. The van der Waals surface area contributed by atoms with Crippen LogP contribution in [0.2, 0.25) is 0 Å². The predicted molar refractivity (Wildman–Crippen MR) is 94.3 cm³/mol. The fourth-order valence-corrected chi connectivity index (χ4v) is 3.08. The van der Waals surface area contributed by atoms with Crippen LogP contribution in [0, 0.1) is 6.92 Å². The molecule has 0 aromatic carbocycles. The number of aromatic nitrogens is 4. The average molecular weight is 380 g/mol. The minimum atomic E-state index is -1.09. The van der Waals surface area contributed by atoms with Crippen molar-refractivity contribution in [2.24, 2.45) is 0 Å². The van der Waals surface area contributed by atoms with Crippen LogP contribution in [0.3, 0.4) is 0 Å². The van der Waals surface area contributed by atoms with E-state index < -0.39 is 42.4 Å². The van der Waals surface area contributed by atoms with E-state index >= 15 is 0 Å². The molecule has 3 N–H and O–H groups in total. The number of rotatable bonds is 8. The van der Waals surface area contributed by atoms with Gasteiger partial charge in [0.1, 0.15) is 18.3 Å². The average Bonchev–Trinajstić information content (AvgIpc) is 3.26. The number of imidazole rings is 1. The molecular weight excluding hydrogens is 356 g/mol. The molecule has 1 saturated heterocycles. The van der Waals surface area contributed by atoms with E-state index in [4.69, 9.17) is 9.47 Å². The van der Waals surface area contributed by atoms with Crippen molar-refractivity contribution in [3.8, 4) is 0 Å². The van der Waals surface area contributed by atoms with Gasteiger partial charge in [0.15, 0.2) is 6.23 Å². The molecule has 0 aliphatic carbocycles. The van der Waals surface area contributed by atoms with Crippen LogP contribution < -0.4 is 11.2 Å². The monoisotopic (exact) mass is 380 g/mol. The quantitative estimate of drug-likeness (QED) is 0.509. The molecule has 148 valence electrons. The molecule has 27 heavy (non-hydrogen) atoms. The second-order valence-electron chi connectivity index (χ2n) is 6.56. The third-order valence-corrected chi connectivity index (χ3v) is 4.59. The Morgan fingerprint density at radius 1 is 1.37 bits per heavy atom. The maximum atomic E-state index is 12.2. The molecule has 1 aliphatic rings. The van der Waals surface area contributed by atoms with Gasteiger partial charge in [0.05, 0.1) is 12.9 Å². The van der Waals surface area contributed by atoms with E-state index in [0.717, 1.165) is 19.4 Å². The standard InChI is InChI=1S/C17H24N4O6/c1-11-8-21(17(25)19-15(11)24)16-14(13(23)12(9-22)27-16)26-7-3-2-5-20-6-4-18-10-20/h4,6,8,10,12-14,16,22-23H,2-3,5,7,9H2,1H3,(H,19,24,25)/t12-,13?,14?,16-/m0/s1. The Morgan fingerprint density at radius 3 is 2.89 bits per heavy atom. The van der Waals surface area contributed by atoms with Gasteiger partial charge in [0.25, 0.3) is 5.56 Å². The first-order valence-electron chi connectivity index (χ1n) is 8.85. The molecule has 0 radical (unpaired) electrons. The summed E-state index contributed by atoms with van der Waals surface area (Å²) in [5.74, 6) is 0. The van der Waals surface area contributed by atoms with Crippen molar-refractivity contribution in [1.29, 1.82) is 0 Å². The lowest BCUT2D eigenvalue weighted by molar-refractivity contribution is -0.0750. The van der Waals surface area contributed by atoms with Crippen LogP contribution >= 0.6 is 0 Å². The van der Waals surface area contributed by atoms with Crippen LogP contribution in [0.5, 0.6) is 0 Å². The summed E-state index contributed by atoms with van der Waals surface area (Å²) in [7, 11) is 0. The molecule has 3 rings (SSSR count). The van der Waals surface area contributed by atoms with Gasteiger partial charge in [-0.1, -0.05) is 0 Å². The van der Waals surface area contributed by atoms with Gasteiger partial charge in [-0.2, -0.15) is 0 Å². The number of unbranched alkanes of at least 4 members (excludes halogenated alkanes) is 1. The number of hydrogen-bond donors (Lipinski definition) is 3. The van der Waals surface area contributed by atoms with Gasteiger partial charge in [-0.25, -0.2) is 9.78 Å². The molecular formula is C17H24N4O6. The number of aliphatic hydroxyl groups excluding tert-OH is 2. The minimum Gasteiger partial charge on any atom is -0.394 e.